The van der Waals surface area contributed by atoms with E-state index in [1.165, 1.54) is 17.8 Å². The van der Waals surface area contributed by atoms with E-state index in [-0.39, 0.29) is 17.8 Å². The number of carbonyl (C=O) groups is 1. The summed E-state index contributed by atoms with van der Waals surface area (Å²) >= 11 is 0. The number of nitrogens with zero attached hydrogens (tertiary/aromatic N) is 3. The zero-order valence-electron chi connectivity index (χ0n) is 24.3. The highest BCUT2D eigenvalue weighted by Crippen LogP contribution is 2.40. The third kappa shape index (κ3) is 6.49. The van der Waals surface area contributed by atoms with Crippen molar-refractivity contribution in [1.29, 1.82) is 0 Å². The second-order valence-electron chi connectivity index (χ2n) is 10.6. The minimum Gasteiger partial charge on any atom is -0.493 e. The molecule has 0 saturated carbocycles. The van der Waals surface area contributed by atoms with Crippen molar-refractivity contribution < 1.29 is 23.4 Å². The molecule has 1 amide bonds. The number of benzene rings is 3. The highest BCUT2D eigenvalue weighted by molar-refractivity contribution is 6.00. The van der Waals surface area contributed by atoms with E-state index in [9.17, 15) is 9.18 Å². The molecule has 218 valence electrons. The molecule has 1 atom stereocenters. The predicted octanol–water partition coefficient (Wildman–Crippen LogP) is 5.68. The molecule has 0 bridgehead atoms. The highest BCUT2D eigenvalue weighted by atomic mass is 19.1. The van der Waals surface area contributed by atoms with Gasteiger partial charge in [0.2, 0.25) is 0 Å². The summed E-state index contributed by atoms with van der Waals surface area (Å²) in [6.45, 7) is 8.65. The third-order valence-electron chi connectivity index (χ3n) is 8.22. The van der Waals surface area contributed by atoms with Crippen LogP contribution in [0.2, 0.25) is 0 Å². The van der Waals surface area contributed by atoms with Gasteiger partial charge in [-0.2, -0.15) is 0 Å². The van der Waals surface area contributed by atoms with E-state index < -0.39 is 0 Å². The fraction of sp³-hybridized carbons (Fsp3) is 0.424. The van der Waals surface area contributed by atoms with E-state index in [0.717, 1.165) is 61.4 Å². The Labute approximate surface area is 242 Å². The first-order valence-corrected chi connectivity index (χ1v) is 14.5. The van der Waals surface area contributed by atoms with Crippen LogP contribution < -0.4 is 14.4 Å². The lowest BCUT2D eigenvalue weighted by Crippen LogP contribution is -2.46. The van der Waals surface area contributed by atoms with Crippen molar-refractivity contribution in [2.75, 3.05) is 58.5 Å². The van der Waals surface area contributed by atoms with Crippen LogP contribution in [0.25, 0.3) is 0 Å². The molecule has 0 aromatic heterocycles. The molecule has 1 unspecified atom stereocenters. The summed E-state index contributed by atoms with van der Waals surface area (Å²) in [6.07, 6.45) is 1.45. The van der Waals surface area contributed by atoms with Crippen molar-refractivity contribution in [2.24, 2.45) is 0 Å². The number of rotatable bonds is 12. The molecule has 8 heteroatoms. The number of fused-ring (bicyclic) bond motifs is 1. The lowest BCUT2D eigenvalue weighted by atomic mass is 9.99. The molecule has 3 aromatic carbocycles. The van der Waals surface area contributed by atoms with Gasteiger partial charge in [0, 0.05) is 56.1 Å². The lowest BCUT2D eigenvalue weighted by molar-refractivity contribution is 0.0660. The average Bonchev–Trinajstić information content (AvgIpc) is 3.34. The van der Waals surface area contributed by atoms with Gasteiger partial charge < -0.3 is 28.9 Å². The summed E-state index contributed by atoms with van der Waals surface area (Å²) in [4.78, 5) is 20.8. The molecular weight excluding hydrogens is 521 g/mol. The van der Waals surface area contributed by atoms with Gasteiger partial charge in [-0.05, 0) is 66.9 Å². The number of carbonyl (C=O) groups excluding carboxylic acids is 1. The third-order valence-corrected chi connectivity index (χ3v) is 8.22. The van der Waals surface area contributed by atoms with E-state index in [1.807, 2.05) is 41.3 Å². The first kappa shape index (κ1) is 28.9. The number of ether oxygens (including phenoxy) is 3. The monoisotopic (exact) mass is 561 g/mol. The van der Waals surface area contributed by atoms with Crippen molar-refractivity contribution in [1.82, 2.24) is 9.80 Å². The topological polar surface area (TPSA) is 54.5 Å². The number of hydrogen-bond acceptors (Lipinski definition) is 6. The van der Waals surface area contributed by atoms with Crippen LogP contribution in [0.4, 0.5) is 10.1 Å². The summed E-state index contributed by atoms with van der Waals surface area (Å²) in [5.74, 6) is 1.07. The van der Waals surface area contributed by atoms with Gasteiger partial charge in [-0.15, -0.1) is 0 Å². The molecule has 2 aliphatic rings. The van der Waals surface area contributed by atoms with Crippen LogP contribution in [0.1, 0.15) is 52.9 Å². The van der Waals surface area contributed by atoms with Crippen LogP contribution in [0.3, 0.4) is 0 Å². The first-order valence-electron chi connectivity index (χ1n) is 14.5. The summed E-state index contributed by atoms with van der Waals surface area (Å²) in [6, 6.07) is 18.3. The maximum atomic E-state index is 13.9. The Bertz CT molecular complexity index is 1340. The minimum absolute atomic E-state index is 0.0505. The number of amides is 1. The summed E-state index contributed by atoms with van der Waals surface area (Å²) in [5, 5.41) is 0. The normalized spacial score (nSPS) is 16.1. The molecule has 7 nitrogen and oxygen atoms in total. The van der Waals surface area contributed by atoms with Crippen LogP contribution in [0.15, 0.2) is 60.7 Å². The Kier molecular flexibility index (Phi) is 9.42. The maximum Gasteiger partial charge on any atom is 0.255 e. The molecule has 0 aliphatic carbocycles. The van der Waals surface area contributed by atoms with Crippen LogP contribution in [-0.4, -0.2) is 69.3 Å². The van der Waals surface area contributed by atoms with Crippen LogP contribution in [0, 0.1) is 5.82 Å². The molecule has 1 saturated heterocycles. The van der Waals surface area contributed by atoms with Crippen molar-refractivity contribution in [2.45, 2.75) is 39.0 Å². The van der Waals surface area contributed by atoms with Gasteiger partial charge in [0.15, 0.2) is 11.5 Å². The largest absolute Gasteiger partial charge is 0.493 e. The number of likely N-dealkylation sites (N-methyl/N-ethyl adjacent to an activating group) is 1. The van der Waals surface area contributed by atoms with Crippen molar-refractivity contribution >= 4 is 11.6 Å². The van der Waals surface area contributed by atoms with Gasteiger partial charge in [-0.25, -0.2) is 4.39 Å². The Morgan fingerprint density at radius 3 is 2.44 bits per heavy atom. The average molecular weight is 562 g/mol. The van der Waals surface area contributed by atoms with Crippen LogP contribution in [0.5, 0.6) is 11.5 Å². The molecule has 41 heavy (non-hydrogen) atoms. The van der Waals surface area contributed by atoms with E-state index in [2.05, 4.69) is 22.8 Å². The second kappa shape index (κ2) is 13.4. The van der Waals surface area contributed by atoms with Crippen molar-refractivity contribution in [3.63, 3.8) is 0 Å². The summed E-state index contributed by atoms with van der Waals surface area (Å²) in [7, 11) is 3.24. The summed E-state index contributed by atoms with van der Waals surface area (Å²) < 4.78 is 30.5. The van der Waals surface area contributed by atoms with Crippen LogP contribution >= 0.6 is 0 Å². The number of piperazine rings is 1. The maximum absolute atomic E-state index is 13.9. The first-order chi connectivity index (χ1) is 20.0. The number of hydrogen-bond donors (Lipinski definition) is 0. The smallest absolute Gasteiger partial charge is 0.255 e. The Hall–Kier alpha value is -3.62. The van der Waals surface area contributed by atoms with Crippen LogP contribution in [-0.2, 0) is 17.9 Å². The SMILES string of the molecule is CCN1CCN(c2cccc3c2CN(C(CCCOCc2cccc(F)c2)c2ccc(OC)c(OC)c2)C3=O)CC1. The fourth-order valence-corrected chi connectivity index (χ4v) is 5.95. The molecule has 2 heterocycles. The van der Waals surface area contributed by atoms with E-state index in [0.29, 0.717) is 37.7 Å². The molecule has 2 aliphatic heterocycles. The van der Waals surface area contributed by atoms with Gasteiger partial charge in [0.05, 0.1) is 26.9 Å². The second-order valence-corrected chi connectivity index (χ2v) is 10.6. The molecule has 0 radical (unpaired) electrons. The van der Waals surface area contributed by atoms with Gasteiger partial charge in [-0.1, -0.05) is 31.2 Å². The van der Waals surface area contributed by atoms with Gasteiger partial charge >= 0.3 is 0 Å². The van der Waals surface area contributed by atoms with E-state index >= 15 is 0 Å². The van der Waals surface area contributed by atoms with Crippen molar-refractivity contribution in [3.8, 4) is 11.5 Å². The standard InChI is InChI=1S/C33H40FN3O4/c1-4-35-15-17-36(18-16-35)30-11-6-10-27-28(30)22-37(33(27)38)29(25-13-14-31(39-2)32(21-25)40-3)12-7-19-41-23-24-8-5-9-26(34)20-24/h5-6,8-11,13-14,20-21,29H,4,7,12,15-19,22-23H2,1-3H3. The molecule has 3 aromatic rings. The van der Waals surface area contributed by atoms with Crippen molar-refractivity contribution in [3.05, 3.63) is 88.7 Å². The Morgan fingerprint density at radius 2 is 1.71 bits per heavy atom. The van der Waals surface area contributed by atoms with E-state index in [1.54, 1.807) is 20.3 Å². The minimum atomic E-state index is -0.265. The zero-order valence-corrected chi connectivity index (χ0v) is 24.3. The number of anilines is 1. The quantitative estimate of drug-likeness (QED) is 0.265. The summed E-state index contributed by atoms with van der Waals surface area (Å²) in [5.41, 5.74) is 4.85. The zero-order chi connectivity index (χ0) is 28.8. The fourth-order valence-electron chi connectivity index (χ4n) is 5.95. The molecule has 5 rings (SSSR count). The molecule has 0 N–H and O–H groups in total. The Morgan fingerprint density at radius 1 is 0.927 bits per heavy atom. The molecular formula is C33H40FN3O4. The molecule has 0 spiro atoms. The highest BCUT2D eigenvalue weighted by Gasteiger charge is 2.36. The molecule has 1 fully saturated rings. The lowest BCUT2D eigenvalue weighted by Gasteiger charge is -2.36. The predicted molar refractivity (Wildman–Crippen MR) is 158 cm³/mol. The number of halogens is 1. The van der Waals surface area contributed by atoms with Gasteiger partial charge in [0.25, 0.3) is 5.91 Å². The van der Waals surface area contributed by atoms with Gasteiger partial charge in [-0.3, -0.25) is 4.79 Å². The van der Waals surface area contributed by atoms with Gasteiger partial charge in [0.1, 0.15) is 5.82 Å². The number of methoxy groups -OCH3 is 2. The Balaban J connectivity index is 1.35. The van der Waals surface area contributed by atoms with E-state index in [4.69, 9.17) is 14.2 Å².